The SMILES string of the molecule is CC(=O)OC[C@H]1OC(O)[C@H](O)[C@@H](OC(C)=O)[C@@H]1OC(C)=O. The first-order chi connectivity index (χ1) is 9.72. The summed E-state index contributed by atoms with van der Waals surface area (Å²) >= 11 is 0. The molecule has 5 atom stereocenters. The molecule has 0 aromatic heterocycles. The first kappa shape index (κ1) is 17.3. The molecule has 1 saturated heterocycles. The molecule has 0 spiro atoms. The van der Waals surface area contributed by atoms with Gasteiger partial charge in [-0.3, -0.25) is 14.4 Å². The van der Waals surface area contributed by atoms with Crippen LogP contribution in [0.5, 0.6) is 0 Å². The third-order valence-electron chi connectivity index (χ3n) is 2.69. The van der Waals surface area contributed by atoms with E-state index in [-0.39, 0.29) is 6.61 Å². The molecule has 1 unspecified atom stereocenters. The van der Waals surface area contributed by atoms with E-state index in [0.717, 1.165) is 13.8 Å². The molecule has 9 nitrogen and oxygen atoms in total. The number of rotatable bonds is 4. The van der Waals surface area contributed by atoms with Crippen molar-refractivity contribution in [3.63, 3.8) is 0 Å². The Kier molecular flexibility index (Phi) is 6.06. The van der Waals surface area contributed by atoms with Crippen LogP contribution in [0, 0.1) is 0 Å². The second kappa shape index (κ2) is 7.34. The van der Waals surface area contributed by atoms with Crippen LogP contribution in [0.25, 0.3) is 0 Å². The Labute approximate surface area is 120 Å². The Morgan fingerprint density at radius 2 is 1.48 bits per heavy atom. The van der Waals surface area contributed by atoms with Crippen molar-refractivity contribution in [2.45, 2.75) is 51.5 Å². The van der Waals surface area contributed by atoms with Gasteiger partial charge in [0.25, 0.3) is 0 Å². The predicted octanol–water partition coefficient (Wildman–Crippen LogP) is -1.51. The highest BCUT2D eigenvalue weighted by Gasteiger charge is 2.49. The number of carbonyl (C=O) groups excluding carboxylic acids is 3. The highest BCUT2D eigenvalue weighted by molar-refractivity contribution is 5.67. The molecule has 0 saturated carbocycles. The summed E-state index contributed by atoms with van der Waals surface area (Å²) in [7, 11) is 0. The molecule has 21 heavy (non-hydrogen) atoms. The summed E-state index contributed by atoms with van der Waals surface area (Å²) in [6.07, 6.45) is -6.92. The maximum Gasteiger partial charge on any atom is 0.303 e. The number of carbonyl (C=O) groups is 3. The van der Waals surface area contributed by atoms with E-state index in [1.807, 2.05) is 0 Å². The topological polar surface area (TPSA) is 129 Å². The van der Waals surface area contributed by atoms with E-state index in [9.17, 15) is 24.6 Å². The van der Waals surface area contributed by atoms with Crippen molar-refractivity contribution in [1.29, 1.82) is 0 Å². The highest BCUT2D eigenvalue weighted by atomic mass is 16.7. The fraction of sp³-hybridized carbons (Fsp3) is 0.750. The molecule has 0 bridgehead atoms. The zero-order valence-electron chi connectivity index (χ0n) is 11.8. The normalized spacial score (nSPS) is 32.1. The second-order valence-electron chi connectivity index (χ2n) is 4.51. The molecular weight excluding hydrogens is 288 g/mol. The van der Waals surface area contributed by atoms with Crippen LogP contribution in [0.4, 0.5) is 0 Å². The number of aliphatic hydroxyl groups is 2. The quantitative estimate of drug-likeness (QED) is 0.470. The van der Waals surface area contributed by atoms with Gasteiger partial charge in [0.05, 0.1) is 0 Å². The Morgan fingerprint density at radius 1 is 0.952 bits per heavy atom. The van der Waals surface area contributed by atoms with E-state index in [1.165, 1.54) is 6.92 Å². The lowest BCUT2D eigenvalue weighted by atomic mass is 9.98. The van der Waals surface area contributed by atoms with Crippen molar-refractivity contribution in [3.8, 4) is 0 Å². The number of aliphatic hydroxyl groups excluding tert-OH is 2. The number of hydrogen-bond acceptors (Lipinski definition) is 9. The second-order valence-corrected chi connectivity index (χ2v) is 4.51. The van der Waals surface area contributed by atoms with Crippen molar-refractivity contribution in [2.24, 2.45) is 0 Å². The van der Waals surface area contributed by atoms with E-state index in [1.54, 1.807) is 0 Å². The van der Waals surface area contributed by atoms with E-state index in [4.69, 9.17) is 18.9 Å². The van der Waals surface area contributed by atoms with Gasteiger partial charge in [-0.15, -0.1) is 0 Å². The third kappa shape index (κ3) is 4.96. The average Bonchev–Trinajstić information content (AvgIpc) is 2.35. The minimum Gasteiger partial charge on any atom is -0.463 e. The van der Waals surface area contributed by atoms with Crippen LogP contribution < -0.4 is 0 Å². The van der Waals surface area contributed by atoms with E-state index in [2.05, 4.69) is 0 Å². The fourth-order valence-electron chi connectivity index (χ4n) is 1.90. The molecule has 1 aliphatic heterocycles. The molecular formula is C12H18O9. The number of hydrogen-bond donors (Lipinski definition) is 2. The van der Waals surface area contributed by atoms with Gasteiger partial charge in [-0.1, -0.05) is 0 Å². The number of ether oxygens (including phenoxy) is 4. The van der Waals surface area contributed by atoms with Crippen molar-refractivity contribution < 1.29 is 43.5 Å². The lowest BCUT2D eigenvalue weighted by molar-refractivity contribution is -0.293. The van der Waals surface area contributed by atoms with Crippen LogP contribution in [0.1, 0.15) is 20.8 Å². The smallest absolute Gasteiger partial charge is 0.303 e. The highest BCUT2D eigenvalue weighted by Crippen LogP contribution is 2.25. The molecule has 2 N–H and O–H groups in total. The summed E-state index contributed by atoms with van der Waals surface area (Å²) in [5.74, 6) is -2.06. The largest absolute Gasteiger partial charge is 0.463 e. The molecule has 0 amide bonds. The lowest BCUT2D eigenvalue weighted by Crippen LogP contribution is -2.61. The molecule has 0 aromatic rings. The summed E-state index contributed by atoms with van der Waals surface area (Å²) in [4.78, 5) is 33.1. The maximum absolute atomic E-state index is 11.1. The van der Waals surface area contributed by atoms with E-state index in [0.29, 0.717) is 0 Å². The summed E-state index contributed by atoms with van der Waals surface area (Å²) < 4.78 is 19.6. The van der Waals surface area contributed by atoms with Gasteiger partial charge in [-0.2, -0.15) is 0 Å². The lowest BCUT2D eigenvalue weighted by Gasteiger charge is -2.41. The van der Waals surface area contributed by atoms with Crippen LogP contribution >= 0.6 is 0 Å². The Bertz CT molecular complexity index is 408. The van der Waals surface area contributed by atoms with E-state index >= 15 is 0 Å². The van der Waals surface area contributed by atoms with Crippen LogP contribution in [0.2, 0.25) is 0 Å². The zero-order chi connectivity index (χ0) is 16.2. The Hall–Kier alpha value is -1.71. The minimum atomic E-state index is -1.68. The Balaban J connectivity index is 2.94. The number of esters is 3. The van der Waals surface area contributed by atoms with E-state index < -0.39 is 48.6 Å². The van der Waals surface area contributed by atoms with Crippen LogP contribution in [0.3, 0.4) is 0 Å². The van der Waals surface area contributed by atoms with Crippen molar-refractivity contribution in [2.75, 3.05) is 6.61 Å². The van der Waals surface area contributed by atoms with Gasteiger partial charge >= 0.3 is 17.9 Å². The van der Waals surface area contributed by atoms with Gasteiger partial charge in [0, 0.05) is 20.8 Å². The standard InChI is InChI=1S/C12H18O9/c1-5(13)18-4-8-10(19-6(2)14)11(20-7(3)15)9(16)12(17)21-8/h8-12,16-17H,4H2,1-3H3/t8-,9-,10-,11-,12?/m1/s1. The monoisotopic (exact) mass is 306 g/mol. The van der Waals surface area contributed by atoms with Gasteiger partial charge in [0.15, 0.2) is 18.5 Å². The maximum atomic E-state index is 11.1. The van der Waals surface area contributed by atoms with Gasteiger partial charge in [0.2, 0.25) is 0 Å². The molecule has 1 rings (SSSR count). The molecule has 1 fully saturated rings. The zero-order valence-corrected chi connectivity index (χ0v) is 11.8. The van der Waals surface area contributed by atoms with Crippen molar-refractivity contribution in [1.82, 2.24) is 0 Å². The molecule has 9 heteroatoms. The molecule has 1 aliphatic rings. The molecule has 120 valence electrons. The third-order valence-corrected chi connectivity index (χ3v) is 2.69. The Morgan fingerprint density at radius 3 is 1.95 bits per heavy atom. The first-order valence-electron chi connectivity index (χ1n) is 6.21. The van der Waals surface area contributed by atoms with Gasteiger partial charge in [0.1, 0.15) is 18.8 Å². The van der Waals surface area contributed by atoms with Crippen LogP contribution in [0.15, 0.2) is 0 Å². The molecule has 0 aromatic carbocycles. The van der Waals surface area contributed by atoms with Gasteiger partial charge in [-0.25, -0.2) is 0 Å². The predicted molar refractivity (Wildman–Crippen MR) is 64.6 cm³/mol. The summed E-state index contributed by atoms with van der Waals surface area (Å²) in [5.41, 5.74) is 0. The molecule has 1 heterocycles. The minimum absolute atomic E-state index is 0.338. The van der Waals surface area contributed by atoms with Gasteiger partial charge in [-0.05, 0) is 0 Å². The van der Waals surface area contributed by atoms with Crippen LogP contribution in [-0.2, 0) is 33.3 Å². The first-order valence-corrected chi connectivity index (χ1v) is 6.21. The van der Waals surface area contributed by atoms with Gasteiger partial charge < -0.3 is 29.2 Å². The van der Waals surface area contributed by atoms with Crippen molar-refractivity contribution >= 4 is 17.9 Å². The summed E-state index contributed by atoms with van der Waals surface area (Å²) in [6.45, 7) is 3.04. The summed E-state index contributed by atoms with van der Waals surface area (Å²) in [5, 5.41) is 19.4. The van der Waals surface area contributed by atoms with Crippen LogP contribution in [-0.4, -0.2) is 65.4 Å². The molecule has 0 radical (unpaired) electrons. The summed E-state index contributed by atoms with van der Waals surface area (Å²) in [6, 6.07) is 0. The average molecular weight is 306 g/mol. The fourth-order valence-corrected chi connectivity index (χ4v) is 1.90. The molecule has 0 aliphatic carbocycles. The van der Waals surface area contributed by atoms with Crippen molar-refractivity contribution in [3.05, 3.63) is 0 Å².